The maximum atomic E-state index is 12.5. The minimum atomic E-state index is -3.58. The van der Waals surface area contributed by atoms with E-state index in [1.165, 1.54) is 18.6 Å². The Hall–Kier alpha value is -2.52. The summed E-state index contributed by atoms with van der Waals surface area (Å²) in [6, 6.07) is 6.82. The predicted molar refractivity (Wildman–Crippen MR) is 90.3 cm³/mol. The zero-order chi connectivity index (χ0) is 17.5. The first-order valence-corrected chi connectivity index (χ1v) is 9.44. The third-order valence-electron chi connectivity index (χ3n) is 4.57. The number of fused-ring (bicyclic) bond motifs is 1. The average molecular weight is 359 g/mol. The molecule has 8 nitrogen and oxygen atoms in total. The van der Waals surface area contributed by atoms with E-state index in [4.69, 9.17) is 0 Å². The number of amides is 1. The van der Waals surface area contributed by atoms with E-state index < -0.39 is 15.7 Å². The van der Waals surface area contributed by atoms with Gasteiger partial charge in [0.05, 0.1) is 11.9 Å². The van der Waals surface area contributed by atoms with Gasteiger partial charge in [-0.25, -0.2) is 13.4 Å². The molecule has 0 atom stereocenters. The molecular formula is C16H17N5O3S. The lowest BCUT2D eigenvalue weighted by atomic mass is 9.97. The minimum Gasteiger partial charge on any atom is -0.365 e. The Balaban J connectivity index is 1.53. The highest BCUT2D eigenvalue weighted by molar-refractivity contribution is 7.89. The predicted octanol–water partition coefficient (Wildman–Crippen LogP) is 0.813. The molecule has 3 heterocycles. The third-order valence-corrected chi connectivity index (χ3v) is 6.16. The molecule has 1 fully saturated rings. The van der Waals surface area contributed by atoms with Crippen molar-refractivity contribution < 1.29 is 13.2 Å². The summed E-state index contributed by atoms with van der Waals surface area (Å²) >= 11 is 0. The molecule has 1 aromatic heterocycles. The normalized spacial score (nSPS) is 20.6. The number of aromatic nitrogens is 2. The smallest absolute Gasteiger partial charge is 0.274 e. The van der Waals surface area contributed by atoms with E-state index in [1.54, 1.807) is 29.2 Å². The Labute approximate surface area is 145 Å². The van der Waals surface area contributed by atoms with Gasteiger partial charge < -0.3 is 10.2 Å². The van der Waals surface area contributed by atoms with Gasteiger partial charge in [0.25, 0.3) is 5.91 Å². The Morgan fingerprint density at radius 2 is 1.92 bits per heavy atom. The van der Waals surface area contributed by atoms with Crippen molar-refractivity contribution in [1.82, 2.24) is 19.6 Å². The van der Waals surface area contributed by atoms with Crippen LogP contribution in [0.25, 0.3) is 0 Å². The van der Waals surface area contributed by atoms with Crippen molar-refractivity contribution in [2.24, 2.45) is 0 Å². The van der Waals surface area contributed by atoms with Gasteiger partial charge in [0.15, 0.2) is 0 Å². The number of anilines is 1. The molecule has 130 valence electrons. The fourth-order valence-electron chi connectivity index (χ4n) is 3.29. The summed E-state index contributed by atoms with van der Waals surface area (Å²) in [5.74, 6) is -0.193. The number of nitrogens with one attached hydrogen (secondary N) is 2. The number of para-hydroxylation sites is 1. The van der Waals surface area contributed by atoms with Crippen LogP contribution in [0.4, 0.5) is 5.69 Å². The molecule has 0 unspecified atom stereocenters. The van der Waals surface area contributed by atoms with Crippen LogP contribution in [0.5, 0.6) is 0 Å². The number of sulfonamides is 1. The summed E-state index contributed by atoms with van der Waals surface area (Å²) in [4.78, 5) is 22.3. The Morgan fingerprint density at radius 1 is 1.16 bits per heavy atom. The van der Waals surface area contributed by atoms with Crippen LogP contribution >= 0.6 is 0 Å². The van der Waals surface area contributed by atoms with E-state index in [0.29, 0.717) is 37.3 Å². The number of carbonyl (C=O) groups is 1. The van der Waals surface area contributed by atoms with E-state index in [9.17, 15) is 13.2 Å². The van der Waals surface area contributed by atoms with Crippen molar-refractivity contribution in [2.45, 2.75) is 23.4 Å². The van der Waals surface area contributed by atoms with Gasteiger partial charge in [0, 0.05) is 38.3 Å². The molecule has 1 spiro atoms. The van der Waals surface area contributed by atoms with Gasteiger partial charge in [-0.05, 0) is 12.1 Å². The van der Waals surface area contributed by atoms with Gasteiger partial charge in [-0.1, -0.05) is 12.1 Å². The van der Waals surface area contributed by atoms with Gasteiger partial charge >= 0.3 is 0 Å². The SMILES string of the molecule is O=C(c1cnccn1)N1CCC2(CC1)Nc1ccccc1S(=O)(=O)N2. The molecule has 0 bridgehead atoms. The molecule has 0 saturated carbocycles. The molecule has 2 aliphatic heterocycles. The number of piperidine rings is 1. The molecule has 1 amide bonds. The molecule has 2 aliphatic rings. The number of hydrogen-bond acceptors (Lipinski definition) is 6. The largest absolute Gasteiger partial charge is 0.365 e. The summed E-state index contributed by atoms with van der Waals surface area (Å²) in [6.07, 6.45) is 5.36. The van der Waals surface area contributed by atoms with Crippen molar-refractivity contribution in [3.63, 3.8) is 0 Å². The van der Waals surface area contributed by atoms with Crippen LogP contribution in [0.1, 0.15) is 23.3 Å². The summed E-state index contributed by atoms with van der Waals surface area (Å²) in [6.45, 7) is 0.847. The second kappa shape index (κ2) is 5.78. The first kappa shape index (κ1) is 16.0. The van der Waals surface area contributed by atoms with E-state index in [2.05, 4.69) is 20.0 Å². The van der Waals surface area contributed by atoms with Crippen molar-refractivity contribution in [1.29, 1.82) is 0 Å². The summed E-state index contributed by atoms with van der Waals surface area (Å²) in [5, 5.41) is 3.31. The van der Waals surface area contributed by atoms with Crippen molar-refractivity contribution in [2.75, 3.05) is 18.4 Å². The maximum absolute atomic E-state index is 12.5. The van der Waals surface area contributed by atoms with Crippen LogP contribution in [-0.4, -0.2) is 47.9 Å². The average Bonchev–Trinajstić information content (AvgIpc) is 2.62. The number of hydrogen-bond donors (Lipinski definition) is 2. The zero-order valence-corrected chi connectivity index (χ0v) is 14.2. The van der Waals surface area contributed by atoms with Gasteiger partial charge in [-0.3, -0.25) is 9.78 Å². The fourth-order valence-corrected chi connectivity index (χ4v) is 4.84. The van der Waals surface area contributed by atoms with Crippen LogP contribution in [0.15, 0.2) is 47.8 Å². The molecule has 0 radical (unpaired) electrons. The Kier molecular flexibility index (Phi) is 3.69. The maximum Gasteiger partial charge on any atom is 0.274 e. The molecule has 1 saturated heterocycles. The monoisotopic (exact) mass is 359 g/mol. The van der Waals surface area contributed by atoms with E-state index in [0.717, 1.165) is 0 Å². The molecule has 9 heteroatoms. The Morgan fingerprint density at radius 3 is 2.64 bits per heavy atom. The van der Waals surface area contributed by atoms with Gasteiger partial charge in [-0.15, -0.1) is 0 Å². The van der Waals surface area contributed by atoms with Gasteiger partial charge in [0.1, 0.15) is 16.3 Å². The van der Waals surface area contributed by atoms with Crippen molar-refractivity contribution >= 4 is 21.6 Å². The van der Waals surface area contributed by atoms with Crippen LogP contribution in [0, 0.1) is 0 Å². The molecule has 0 aliphatic carbocycles. The molecule has 2 N–H and O–H groups in total. The van der Waals surface area contributed by atoms with Crippen molar-refractivity contribution in [3.05, 3.63) is 48.5 Å². The quantitative estimate of drug-likeness (QED) is 0.781. The highest BCUT2D eigenvalue weighted by Gasteiger charge is 2.43. The first-order chi connectivity index (χ1) is 12.0. The number of likely N-dealkylation sites (tertiary alicyclic amines) is 1. The van der Waals surface area contributed by atoms with E-state index in [-0.39, 0.29) is 10.8 Å². The first-order valence-electron chi connectivity index (χ1n) is 7.96. The number of carbonyl (C=O) groups excluding carboxylic acids is 1. The number of nitrogens with zero attached hydrogens (tertiary/aromatic N) is 3. The van der Waals surface area contributed by atoms with Gasteiger partial charge in [0.2, 0.25) is 10.0 Å². The molecule has 25 heavy (non-hydrogen) atoms. The second-order valence-corrected chi connectivity index (χ2v) is 7.84. The summed E-state index contributed by atoms with van der Waals surface area (Å²) < 4.78 is 27.8. The Bertz CT molecular complexity index is 908. The standard InChI is InChI=1S/C16H17N5O3S/c22-15(13-11-17-7-8-18-13)21-9-5-16(6-10-21)19-12-3-1-2-4-14(12)25(23,24)20-16/h1-4,7-8,11,19-20H,5-6,9-10H2. The lowest BCUT2D eigenvalue weighted by Gasteiger charge is -2.45. The van der Waals surface area contributed by atoms with Crippen LogP contribution < -0.4 is 10.0 Å². The van der Waals surface area contributed by atoms with Gasteiger partial charge in [-0.2, -0.15) is 4.72 Å². The summed E-state index contributed by atoms with van der Waals surface area (Å²) in [7, 11) is -3.58. The van der Waals surface area contributed by atoms with Crippen LogP contribution in [0.2, 0.25) is 0 Å². The second-order valence-electron chi connectivity index (χ2n) is 6.19. The summed E-state index contributed by atoms with van der Waals surface area (Å²) in [5.41, 5.74) is 0.114. The lowest BCUT2D eigenvalue weighted by Crippen LogP contribution is -2.62. The highest BCUT2D eigenvalue weighted by Crippen LogP contribution is 2.34. The topological polar surface area (TPSA) is 104 Å². The highest BCUT2D eigenvalue weighted by atomic mass is 32.2. The van der Waals surface area contributed by atoms with E-state index >= 15 is 0 Å². The number of rotatable bonds is 1. The lowest BCUT2D eigenvalue weighted by molar-refractivity contribution is 0.0669. The van der Waals surface area contributed by atoms with Crippen LogP contribution in [-0.2, 0) is 10.0 Å². The third kappa shape index (κ3) is 2.85. The van der Waals surface area contributed by atoms with Crippen LogP contribution in [0.3, 0.4) is 0 Å². The minimum absolute atomic E-state index is 0.193. The fraction of sp³-hybridized carbons (Fsp3) is 0.312. The zero-order valence-electron chi connectivity index (χ0n) is 13.3. The van der Waals surface area contributed by atoms with Crippen molar-refractivity contribution in [3.8, 4) is 0 Å². The molecule has 1 aromatic carbocycles. The molecule has 4 rings (SSSR count). The van der Waals surface area contributed by atoms with E-state index in [1.807, 2.05) is 0 Å². The molecular weight excluding hydrogens is 342 g/mol. The molecule has 2 aromatic rings. The number of benzene rings is 1.